The lowest BCUT2D eigenvalue weighted by atomic mass is 9.78. The van der Waals surface area contributed by atoms with Crippen LogP contribution in [0.1, 0.15) is 38.7 Å². The molecule has 0 saturated carbocycles. The number of alkyl halides is 1. The number of nitrogens with zero attached hydrogens (tertiary/aromatic N) is 1. The maximum atomic E-state index is 6.06. The molecule has 0 aliphatic carbocycles. The third kappa shape index (κ3) is 3.03. The Hall–Kier alpha value is -0.210. The molecular weight excluding hydrogens is 310 g/mol. The second-order valence-corrected chi connectivity index (χ2v) is 6.74. The topological polar surface area (TPSA) is 3.24 Å². The molecule has 1 aromatic carbocycles. The van der Waals surface area contributed by atoms with Gasteiger partial charge in [0.05, 0.1) is 0 Å². The summed E-state index contributed by atoms with van der Waals surface area (Å²) in [6, 6.07) is 6.44. The van der Waals surface area contributed by atoms with Crippen LogP contribution < -0.4 is 4.90 Å². The summed E-state index contributed by atoms with van der Waals surface area (Å²) in [5.41, 5.74) is 3.07. The predicted molar refractivity (Wildman–Crippen MR) is 83.5 cm³/mol. The first-order valence-corrected chi connectivity index (χ1v) is 8.00. The third-order valence-electron chi connectivity index (χ3n) is 4.35. The molecule has 0 unspecified atom stereocenters. The molecule has 1 aliphatic heterocycles. The highest BCUT2D eigenvalue weighted by Gasteiger charge is 2.28. The van der Waals surface area contributed by atoms with Crippen LogP contribution in [0.4, 0.5) is 5.69 Å². The molecule has 1 saturated heterocycles. The van der Waals surface area contributed by atoms with Crippen molar-refractivity contribution in [3.05, 3.63) is 28.2 Å². The van der Waals surface area contributed by atoms with E-state index in [0.29, 0.717) is 11.3 Å². The van der Waals surface area contributed by atoms with Crippen molar-refractivity contribution >= 4 is 33.2 Å². The zero-order chi connectivity index (χ0) is 13.2. The smallest absolute Gasteiger partial charge is 0.0494 e. The SMILES string of the molecule is CCC1(C)CCN(c2ccc(Br)cc2CCl)CC1. The van der Waals surface area contributed by atoms with Gasteiger partial charge in [0.1, 0.15) is 0 Å². The van der Waals surface area contributed by atoms with E-state index in [1.807, 2.05) is 0 Å². The molecule has 0 aromatic heterocycles. The predicted octanol–water partition coefficient (Wildman–Crippen LogP) is 5.20. The highest BCUT2D eigenvalue weighted by Crippen LogP contribution is 2.37. The second-order valence-electron chi connectivity index (χ2n) is 5.56. The van der Waals surface area contributed by atoms with E-state index >= 15 is 0 Å². The zero-order valence-electron chi connectivity index (χ0n) is 11.2. The second kappa shape index (κ2) is 5.83. The fourth-order valence-electron chi connectivity index (χ4n) is 2.61. The minimum absolute atomic E-state index is 0.535. The van der Waals surface area contributed by atoms with Crippen LogP contribution in [0.15, 0.2) is 22.7 Å². The molecule has 0 radical (unpaired) electrons. The van der Waals surface area contributed by atoms with Gasteiger partial charge in [-0.1, -0.05) is 36.2 Å². The standard InChI is InChI=1S/C15H21BrClN/c1-3-15(2)6-8-18(9-7-15)14-5-4-13(16)10-12(14)11-17/h4-5,10H,3,6-9,11H2,1-2H3. The number of anilines is 1. The van der Waals surface area contributed by atoms with Crippen molar-refractivity contribution in [1.82, 2.24) is 0 Å². The van der Waals surface area contributed by atoms with Crippen molar-refractivity contribution in [2.24, 2.45) is 5.41 Å². The maximum Gasteiger partial charge on any atom is 0.0494 e. The first-order chi connectivity index (χ1) is 8.58. The molecule has 100 valence electrons. The fraction of sp³-hybridized carbons (Fsp3) is 0.600. The van der Waals surface area contributed by atoms with Gasteiger partial charge in [-0.3, -0.25) is 0 Å². The summed E-state index contributed by atoms with van der Waals surface area (Å²) in [6.07, 6.45) is 3.84. The van der Waals surface area contributed by atoms with Gasteiger partial charge in [-0.25, -0.2) is 0 Å². The Kier molecular flexibility index (Phi) is 4.60. The van der Waals surface area contributed by atoms with Gasteiger partial charge in [-0.2, -0.15) is 0 Å². The molecule has 1 aliphatic rings. The average Bonchev–Trinajstić information content (AvgIpc) is 2.40. The van der Waals surface area contributed by atoms with Gasteiger partial charge in [-0.15, -0.1) is 11.6 Å². The highest BCUT2D eigenvalue weighted by molar-refractivity contribution is 9.10. The quantitative estimate of drug-likeness (QED) is 0.688. The molecule has 1 fully saturated rings. The van der Waals surface area contributed by atoms with Gasteiger partial charge in [-0.05, 0) is 42.0 Å². The molecule has 0 amide bonds. The molecule has 0 spiro atoms. The van der Waals surface area contributed by atoms with E-state index in [-0.39, 0.29) is 0 Å². The van der Waals surface area contributed by atoms with Gasteiger partial charge < -0.3 is 4.90 Å². The summed E-state index contributed by atoms with van der Waals surface area (Å²) in [6.45, 7) is 7.01. The van der Waals surface area contributed by atoms with Gasteiger partial charge >= 0.3 is 0 Å². The van der Waals surface area contributed by atoms with Crippen LogP contribution in [-0.2, 0) is 5.88 Å². The van der Waals surface area contributed by atoms with Crippen LogP contribution in [0.5, 0.6) is 0 Å². The summed E-state index contributed by atoms with van der Waals surface area (Å²) < 4.78 is 1.11. The molecule has 3 heteroatoms. The van der Waals surface area contributed by atoms with Crippen LogP contribution in [0.2, 0.25) is 0 Å². The fourth-order valence-corrected chi connectivity index (χ4v) is 3.23. The van der Waals surface area contributed by atoms with Gasteiger partial charge in [0.15, 0.2) is 0 Å². The molecule has 18 heavy (non-hydrogen) atoms. The van der Waals surface area contributed by atoms with Crippen molar-refractivity contribution in [2.45, 2.75) is 39.0 Å². The molecule has 1 heterocycles. The summed E-state index contributed by atoms with van der Waals surface area (Å²) in [4.78, 5) is 2.49. The third-order valence-corrected chi connectivity index (χ3v) is 5.13. The lowest BCUT2D eigenvalue weighted by Gasteiger charge is -2.40. The molecule has 0 bridgehead atoms. The normalized spacial score (nSPS) is 19.0. The van der Waals surface area contributed by atoms with Gasteiger partial charge in [0.25, 0.3) is 0 Å². The molecule has 1 nitrogen and oxygen atoms in total. The molecular formula is C15H21BrClN. The van der Waals surface area contributed by atoms with E-state index in [0.717, 1.165) is 17.6 Å². The van der Waals surface area contributed by atoms with E-state index in [1.54, 1.807) is 0 Å². The van der Waals surface area contributed by atoms with Gasteiger partial charge in [0, 0.05) is 29.1 Å². The van der Waals surface area contributed by atoms with Crippen molar-refractivity contribution in [1.29, 1.82) is 0 Å². The van der Waals surface area contributed by atoms with Crippen molar-refractivity contribution in [3.8, 4) is 0 Å². The number of hydrogen-bond donors (Lipinski definition) is 0. The minimum atomic E-state index is 0.535. The van der Waals surface area contributed by atoms with Crippen molar-refractivity contribution < 1.29 is 0 Å². The summed E-state index contributed by atoms with van der Waals surface area (Å²) in [5.74, 6) is 0.580. The maximum absolute atomic E-state index is 6.06. The Morgan fingerprint density at radius 1 is 1.33 bits per heavy atom. The van der Waals surface area contributed by atoms with Crippen LogP contribution in [0.25, 0.3) is 0 Å². The Labute approximate surface area is 124 Å². The van der Waals surface area contributed by atoms with Crippen molar-refractivity contribution in [2.75, 3.05) is 18.0 Å². The van der Waals surface area contributed by atoms with E-state index in [2.05, 4.69) is 52.9 Å². The Morgan fingerprint density at radius 2 is 2.00 bits per heavy atom. The average molecular weight is 331 g/mol. The lowest BCUT2D eigenvalue weighted by molar-refractivity contribution is 0.238. The molecule has 0 N–H and O–H groups in total. The number of halogens is 2. The molecule has 1 aromatic rings. The van der Waals surface area contributed by atoms with Crippen LogP contribution >= 0.6 is 27.5 Å². The van der Waals surface area contributed by atoms with E-state index in [4.69, 9.17) is 11.6 Å². The monoisotopic (exact) mass is 329 g/mol. The number of hydrogen-bond acceptors (Lipinski definition) is 1. The molecule has 2 rings (SSSR count). The van der Waals surface area contributed by atoms with E-state index < -0.39 is 0 Å². The largest absolute Gasteiger partial charge is 0.371 e. The first kappa shape index (κ1) is 14.2. The summed E-state index contributed by atoms with van der Waals surface area (Å²) >= 11 is 9.57. The summed E-state index contributed by atoms with van der Waals surface area (Å²) in [5, 5.41) is 0. The Balaban J connectivity index is 2.14. The number of piperidine rings is 1. The molecule has 0 atom stereocenters. The van der Waals surface area contributed by atoms with Gasteiger partial charge in [0.2, 0.25) is 0 Å². The van der Waals surface area contributed by atoms with E-state index in [9.17, 15) is 0 Å². The van der Waals surface area contributed by atoms with E-state index in [1.165, 1.54) is 30.5 Å². The highest BCUT2D eigenvalue weighted by atomic mass is 79.9. The van der Waals surface area contributed by atoms with Crippen LogP contribution in [0, 0.1) is 5.41 Å². The zero-order valence-corrected chi connectivity index (χ0v) is 13.5. The van der Waals surface area contributed by atoms with Crippen LogP contribution in [0.3, 0.4) is 0 Å². The lowest BCUT2D eigenvalue weighted by Crippen LogP contribution is -2.38. The first-order valence-electron chi connectivity index (χ1n) is 6.67. The minimum Gasteiger partial charge on any atom is -0.371 e. The summed E-state index contributed by atoms with van der Waals surface area (Å²) in [7, 11) is 0. The number of rotatable bonds is 3. The Morgan fingerprint density at radius 3 is 2.56 bits per heavy atom. The van der Waals surface area contributed by atoms with Crippen LogP contribution in [-0.4, -0.2) is 13.1 Å². The number of benzene rings is 1. The van der Waals surface area contributed by atoms with Crippen molar-refractivity contribution in [3.63, 3.8) is 0 Å². The Bertz CT molecular complexity index is 411.